The number of carbonyl (C=O) groups excluding carboxylic acids is 2. The van der Waals surface area contributed by atoms with Gasteiger partial charge >= 0.3 is 0 Å². The molecule has 0 saturated carbocycles. The minimum absolute atomic E-state index is 0.00442. The molecule has 1 aromatic rings. The van der Waals surface area contributed by atoms with Gasteiger partial charge in [-0.2, -0.15) is 0 Å². The molecule has 9 heteroatoms. The van der Waals surface area contributed by atoms with Crippen molar-refractivity contribution in [3.63, 3.8) is 0 Å². The van der Waals surface area contributed by atoms with E-state index >= 15 is 0 Å². The molecule has 1 aliphatic rings. The number of benzene rings is 1. The van der Waals surface area contributed by atoms with Crippen molar-refractivity contribution in [2.75, 3.05) is 18.6 Å². The number of nitrogens with one attached hydrogen (secondary N) is 2. The molecular weight excluding hydrogens is 376 g/mol. The molecule has 7 nitrogen and oxygen atoms in total. The molecule has 0 bridgehead atoms. The predicted octanol–water partition coefficient (Wildman–Crippen LogP) is 0.653. The molecule has 1 aromatic carbocycles. The number of carbonyl (C=O) groups is 2. The van der Waals surface area contributed by atoms with Gasteiger partial charge in [-0.15, -0.1) is 0 Å². The van der Waals surface area contributed by atoms with Crippen LogP contribution in [0.25, 0.3) is 0 Å². The number of rotatable bonds is 3. The van der Waals surface area contributed by atoms with Crippen molar-refractivity contribution in [2.24, 2.45) is 5.92 Å². The number of hydrazine groups is 1. The first kappa shape index (κ1) is 16.8. The Balaban J connectivity index is 1.93. The fourth-order valence-corrected chi connectivity index (χ4v) is 4.38. The normalized spacial score (nSPS) is 19.5. The Morgan fingerprint density at radius 2 is 2.05 bits per heavy atom. The molecule has 2 amide bonds. The summed E-state index contributed by atoms with van der Waals surface area (Å²) in [6.45, 7) is 0. The maximum atomic E-state index is 11.9. The van der Waals surface area contributed by atoms with Gasteiger partial charge in [0.25, 0.3) is 5.91 Å². The molecule has 0 aromatic heterocycles. The maximum Gasteiger partial charge on any atom is 0.269 e. The summed E-state index contributed by atoms with van der Waals surface area (Å²) in [6, 6.07) is 4.72. The Hall–Kier alpha value is -1.61. The summed E-state index contributed by atoms with van der Waals surface area (Å²) in [7, 11) is -1.63. The van der Waals surface area contributed by atoms with Gasteiger partial charge in [-0.1, -0.05) is 0 Å². The van der Waals surface area contributed by atoms with Crippen molar-refractivity contribution in [1.82, 2.24) is 10.9 Å². The first-order valence-corrected chi connectivity index (χ1v) is 9.08. The maximum absolute atomic E-state index is 11.9. The smallest absolute Gasteiger partial charge is 0.269 e. The Bertz CT molecular complexity index is 704. The third-order valence-corrected chi connectivity index (χ3v) is 5.70. The first-order chi connectivity index (χ1) is 10.3. The molecule has 1 atom stereocenters. The number of amides is 2. The molecule has 0 aliphatic carbocycles. The molecule has 1 aliphatic heterocycles. The number of ether oxygens (including phenoxy) is 1. The zero-order chi connectivity index (χ0) is 16.3. The summed E-state index contributed by atoms with van der Waals surface area (Å²) >= 11 is 3.26. The summed E-state index contributed by atoms with van der Waals surface area (Å²) in [5.41, 5.74) is 4.86. The average molecular weight is 391 g/mol. The highest BCUT2D eigenvalue weighted by molar-refractivity contribution is 9.10. The van der Waals surface area contributed by atoms with Gasteiger partial charge in [-0.05, 0) is 40.5 Å². The lowest BCUT2D eigenvalue weighted by Gasteiger charge is -2.11. The quantitative estimate of drug-likeness (QED) is 0.737. The van der Waals surface area contributed by atoms with Crippen molar-refractivity contribution in [1.29, 1.82) is 0 Å². The van der Waals surface area contributed by atoms with Crippen molar-refractivity contribution < 1.29 is 22.7 Å². The van der Waals surface area contributed by atoms with Gasteiger partial charge in [0, 0.05) is 5.56 Å². The van der Waals surface area contributed by atoms with E-state index in [4.69, 9.17) is 4.74 Å². The highest BCUT2D eigenvalue weighted by Gasteiger charge is 2.33. The Morgan fingerprint density at radius 3 is 2.59 bits per heavy atom. The lowest BCUT2D eigenvalue weighted by atomic mass is 10.1. The molecule has 1 saturated heterocycles. The number of methoxy groups -OCH3 is 1. The second-order valence-electron chi connectivity index (χ2n) is 4.89. The second-order valence-corrected chi connectivity index (χ2v) is 7.98. The lowest BCUT2D eigenvalue weighted by Crippen LogP contribution is -2.44. The average Bonchev–Trinajstić information content (AvgIpc) is 2.84. The molecule has 0 radical (unpaired) electrons. The third-order valence-electron chi connectivity index (χ3n) is 3.32. The highest BCUT2D eigenvalue weighted by Crippen LogP contribution is 2.25. The van der Waals surface area contributed by atoms with E-state index in [2.05, 4.69) is 26.8 Å². The molecule has 1 heterocycles. The fraction of sp³-hybridized carbons (Fsp3) is 0.385. The summed E-state index contributed by atoms with van der Waals surface area (Å²) in [5.74, 6) is -1.21. The molecule has 22 heavy (non-hydrogen) atoms. The van der Waals surface area contributed by atoms with E-state index in [0.717, 1.165) is 0 Å². The SMILES string of the molecule is COc1ccc(C(=O)NNC(=O)[C@H]2CCS(=O)(=O)C2)cc1Br. The monoisotopic (exact) mass is 390 g/mol. The van der Waals surface area contributed by atoms with Crippen LogP contribution in [-0.2, 0) is 14.6 Å². The Labute approximate surface area is 136 Å². The summed E-state index contributed by atoms with van der Waals surface area (Å²) < 4.78 is 28.3. The molecule has 0 spiro atoms. The molecule has 2 rings (SSSR count). The van der Waals surface area contributed by atoms with Gasteiger partial charge in [-0.3, -0.25) is 20.4 Å². The van der Waals surface area contributed by atoms with Crippen molar-refractivity contribution in [3.8, 4) is 5.75 Å². The van der Waals surface area contributed by atoms with E-state index in [-0.39, 0.29) is 17.9 Å². The number of hydrogen-bond donors (Lipinski definition) is 2. The summed E-state index contributed by atoms with van der Waals surface area (Å²) in [6.07, 6.45) is 0.276. The second kappa shape index (κ2) is 6.66. The predicted molar refractivity (Wildman–Crippen MR) is 83.1 cm³/mol. The molecule has 2 N–H and O–H groups in total. The van der Waals surface area contributed by atoms with Crippen LogP contribution >= 0.6 is 15.9 Å². The van der Waals surface area contributed by atoms with Gasteiger partial charge in [0.1, 0.15) is 5.75 Å². The van der Waals surface area contributed by atoms with Crippen LogP contribution in [0, 0.1) is 5.92 Å². The van der Waals surface area contributed by atoms with Crippen LogP contribution in [0.2, 0.25) is 0 Å². The van der Waals surface area contributed by atoms with Crippen LogP contribution in [0.5, 0.6) is 5.75 Å². The zero-order valence-corrected chi connectivity index (χ0v) is 14.2. The first-order valence-electron chi connectivity index (χ1n) is 6.46. The van der Waals surface area contributed by atoms with E-state index in [0.29, 0.717) is 15.8 Å². The van der Waals surface area contributed by atoms with Crippen LogP contribution < -0.4 is 15.6 Å². The van der Waals surface area contributed by atoms with Crippen LogP contribution in [0.3, 0.4) is 0 Å². The molecule has 0 unspecified atom stereocenters. The number of hydrogen-bond acceptors (Lipinski definition) is 5. The van der Waals surface area contributed by atoms with Gasteiger partial charge in [0.2, 0.25) is 5.91 Å². The number of sulfone groups is 1. The van der Waals surface area contributed by atoms with Crippen LogP contribution in [0.15, 0.2) is 22.7 Å². The molecular formula is C13H15BrN2O5S. The zero-order valence-electron chi connectivity index (χ0n) is 11.8. The van der Waals surface area contributed by atoms with Gasteiger partial charge < -0.3 is 4.74 Å². The van der Waals surface area contributed by atoms with E-state index < -0.39 is 27.6 Å². The number of halogens is 1. The Morgan fingerprint density at radius 1 is 1.32 bits per heavy atom. The standard InChI is InChI=1S/C13H15BrN2O5S/c1-21-11-3-2-8(6-10(11)14)12(17)15-16-13(18)9-4-5-22(19,20)7-9/h2-3,6,9H,4-5,7H2,1H3,(H,15,17)(H,16,18)/t9-/m0/s1. The topological polar surface area (TPSA) is 102 Å². The van der Waals surface area contributed by atoms with Crippen LogP contribution in [0.1, 0.15) is 16.8 Å². The van der Waals surface area contributed by atoms with Crippen molar-refractivity contribution in [3.05, 3.63) is 28.2 Å². The summed E-state index contributed by atoms with van der Waals surface area (Å²) in [5, 5.41) is 0. The van der Waals surface area contributed by atoms with Crippen LogP contribution in [-0.4, -0.2) is 38.8 Å². The van der Waals surface area contributed by atoms with E-state index in [1.807, 2.05) is 0 Å². The fourth-order valence-electron chi connectivity index (χ4n) is 2.10. The lowest BCUT2D eigenvalue weighted by molar-refractivity contribution is -0.125. The van der Waals surface area contributed by atoms with E-state index in [9.17, 15) is 18.0 Å². The van der Waals surface area contributed by atoms with E-state index in [1.165, 1.54) is 7.11 Å². The van der Waals surface area contributed by atoms with Crippen LogP contribution in [0.4, 0.5) is 0 Å². The summed E-state index contributed by atoms with van der Waals surface area (Å²) in [4.78, 5) is 23.8. The van der Waals surface area contributed by atoms with Gasteiger partial charge in [0.15, 0.2) is 9.84 Å². The van der Waals surface area contributed by atoms with Gasteiger partial charge in [0.05, 0.1) is 29.0 Å². The van der Waals surface area contributed by atoms with Crippen molar-refractivity contribution in [2.45, 2.75) is 6.42 Å². The van der Waals surface area contributed by atoms with E-state index in [1.54, 1.807) is 18.2 Å². The molecule has 1 fully saturated rings. The molecule has 120 valence electrons. The largest absolute Gasteiger partial charge is 0.496 e. The Kier molecular flexibility index (Phi) is 5.07. The third kappa shape index (κ3) is 3.98. The van der Waals surface area contributed by atoms with Crippen molar-refractivity contribution >= 4 is 37.6 Å². The van der Waals surface area contributed by atoms with Gasteiger partial charge in [-0.25, -0.2) is 8.42 Å². The minimum Gasteiger partial charge on any atom is -0.496 e. The highest BCUT2D eigenvalue weighted by atomic mass is 79.9. The minimum atomic E-state index is -3.14.